The Kier molecular flexibility index (Phi) is 7.79. The lowest BCUT2D eigenvalue weighted by Crippen LogP contribution is -2.31. The molecule has 0 fully saturated rings. The molecule has 2 aromatic heterocycles. The Morgan fingerprint density at radius 2 is 1.90 bits per heavy atom. The van der Waals surface area contributed by atoms with Crippen LogP contribution in [0, 0.1) is 6.92 Å². The van der Waals surface area contributed by atoms with Crippen LogP contribution in [0.1, 0.15) is 17.5 Å². The van der Waals surface area contributed by atoms with Gasteiger partial charge in [-0.15, -0.1) is 11.8 Å². The number of thioether (sulfide) groups is 1. The Labute approximate surface area is 179 Å². The zero-order valence-electron chi connectivity index (χ0n) is 16.6. The summed E-state index contributed by atoms with van der Waals surface area (Å²) in [4.78, 5) is 32.5. The Bertz CT molecular complexity index is 980. The molecule has 0 atom stereocenters. The summed E-state index contributed by atoms with van der Waals surface area (Å²) >= 11 is 1.63. The van der Waals surface area contributed by atoms with Crippen molar-refractivity contribution in [2.75, 3.05) is 17.2 Å². The van der Waals surface area contributed by atoms with Gasteiger partial charge in [-0.1, -0.05) is 24.3 Å². The van der Waals surface area contributed by atoms with Crippen LogP contribution in [0.5, 0.6) is 0 Å². The predicted octanol–water partition coefficient (Wildman–Crippen LogP) is 4.23. The standard InChI is InChI=1S/C22H23N5O2S/c1-16-8-9-19(25-14-16)27-20(28)10-12-24-22(29)26-18-6-4-5-17(13-18)15-30-21-7-2-3-11-23-21/h2-9,11,13-14H,10,12,15H2,1H3,(H2,24,26,29)(H,25,27,28). The molecule has 154 valence electrons. The highest BCUT2D eigenvalue weighted by Gasteiger charge is 2.06. The fourth-order valence-corrected chi connectivity index (χ4v) is 3.34. The van der Waals surface area contributed by atoms with Crippen LogP contribution in [-0.4, -0.2) is 28.5 Å². The lowest BCUT2D eigenvalue weighted by molar-refractivity contribution is -0.116. The number of nitrogens with one attached hydrogen (secondary N) is 3. The van der Waals surface area contributed by atoms with E-state index in [4.69, 9.17) is 0 Å². The number of anilines is 2. The number of rotatable bonds is 8. The molecule has 0 aliphatic heterocycles. The maximum absolute atomic E-state index is 12.1. The van der Waals surface area contributed by atoms with Crippen molar-refractivity contribution in [3.05, 3.63) is 78.1 Å². The molecule has 7 nitrogen and oxygen atoms in total. The van der Waals surface area contributed by atoms with E-state index < -0.39 is 0 Å². The van der Waals surface area contributed by atoms with Gasteiger partial charge in [0.2, 0.25) is 5.91 Å². The molecule has 0 spiro atoms. The first kappa shape index (κ1) is 21.3. The number of aryl methyl sites for hydroxylation is 1. The second kappa shape index (κ2) is 11.0. The third kappa shape index (κ3) is 7.21. The second-order valence-corrected chi connectivity index (χ2v) is 7.55. The minimum Gasteiger partial charge on any atom is -0.337 e. The van der Waals surface area contributed by atoms with Crippen molar-refractivity contribution >= 4 is 35.2 Å². The number of hydrogen-bond acceptors (Lipinski definition) is 5. The highest BCUT2D eigenvalue weighted by Crippen LogP contribution is 2.22. The number of carbonyl (C=O) groups excluding carboxylic acids is 2. The number of amides is 3. The number of benzene rings is 1. The van der Waals surface area contributed by atoms with Gasteiger partial charge in [0.1, 0.15) is 5.82 Å². The zero-order chi connectivity index (χ0) is 21.2. The van der Waals surface area contributed by atoms with Crippen molar-refractivity contribution in [3.8, 4) is 0 Å². The van der Waals surface area contributed by atoms with Gasteiger partial charge in [-0.25, -0.2) is 14.8 Å². The SMILES string of the molecule is Cc1ccc(NC(=O)CCNC(=O)Nc2cccc(CSc3ccccn3)c2)nc1. The van der Waals surface area contributed by atoms with E-state index in [-0.39, 0.29) is 24.9 Å². The number of hydrogen-bond donors (Lipinski definition) is 3. The third-order valence-electron chi connectivity index (χ3n) is 4.03. The van der Waals surface area contributed by atoms with Gasteiger partial charge in [0.25, 0.3) is 0 Å². The Morgan fingerprint density at radius 1 is 1.00 bits per heavy atom. The van der Waals surface area contributed by atoms with Gasteiger partial charge in [0.05, 0.1) is 5.03 Å². The minimum atomic E-state index is -0.356. The van der Waals surface area contributed by atoms with Gasteiger partial charge in [0, 0.05) is 36.8 Å². The Morgan fingerprint density at radius 3 is 2.67 bits per heavy atom. The van der Waals surface area contributed by atoms with E-state index in [2.05, 4.69) is 25.9 Å². The monoisotopic (exact) mass is 421 g/mol. The van der Waals surface area contributed by atoms with Crippen molar-refractivity contribution in [2.45, 2.75) is 24.1 Å². The molecule has 3 aromatic rings. The topological polar surface area (TPSA) is 96.0 Å². The summed E-state index contributed by atoms with van der Waals surface area (Å²) < 4.78 is 0. The molecule has 30 heavy (non-hydrogen) atoms. The van der Waals surface area contributed by atoms with E-state index in [0.717, 1.165) is 21.9 Å². The molecule has 0 saturated carbocycles. The first-order valence-electron chi connectivity index (χ1n) is 9.48. The summed E-state index contributed by atoms with van der Waals surface area (Å²) in [6, 6.07) is 16.7. The molecule has 3 rings (SSSR count). The van der Waals surface area contributed by atoms with Crippen LogP contribution in [0.15, 0.2) is 72.0 Å². The smallest absolute Gasteiger partial charge is 0.319 e. The fraction of sp³-hybridized carbons (Fsp3) is 0.182. The molecule has 1 aromatic carbocycles. The van der Waals surface area contributed by atoms with Crippen molar-refractivity contribution < 1.29 is 9.59 Å². The van der Waals surface area contributed by atoms with Gasteiger partial charge in [-0.3, -0.25) is 4.79 Å². The van der Waals surface area contributed by atoms with E-state index in [1.54, 1.807) is 30.2 Å². The molecular formula is C22H23N5O2S. The molecule has 0 bridgehead atoms. The second-order valence-electron chi connectivity index (χ2n) is 6.56. The van der Waals surface area contributed by atoms with Crippen LogP contribution in [0.4, 0.5) is 16.3 Å². The lowest BCUT2D eigenvalue weighted by Gasteiger charge is -2.09. The van der Waals surface area contributed by atoms with E-state index in [0.29, 0.717) is 11.5 Å². The van der Waals surface area contributed by atoms with E-state index in [9.17, 15) is 9.59 Å². The van der Waals surface area contributed by atoms with Crippen molar-refractivity contribution in [3.63, 3.8) is 0 Å². The van der Waals surface area contributed by atoms with Crippen LogP contribution >= 0.6 is 11.8 Å². The van der Waals surface area contributed by atoms with E-state index in [1.807, 2.05) is 55.5 Å². The van der Waals surface area contributed by atoms with Crippen LogP contribution in [0.3, 0.4) is 0 Å². The fourth-order valence-electron chi connectivity index (χ4n) is 2.54. The molecular weight excluding hydrogens is 398 g/mol. The van der Waals surface area contributed by atoms with Gasteiger partial charge < -0.3 is 16.0 Å². The average Bonchev–Trinajstić information content (AvgIpc) is 2.75. The van der Waals surface area contributed by atoms with Crippen molar-refractivity contribution in [1.82, 2.24) is 15.3 Å². The van der Waals surface area contributed by atoms with E-state index in [1.165, 1.54) is 0 Å². The summed E-state index contributed by atoms with van der Waals surface area (Å²) in [5.74, 6) is 1.04. The summed E-state index contributed by atoms with van der Waals surface area (Å²) in [5.41, 5.74) is 2.79. The van der Waals surface area contributed by atoms with E-state index >= 15 is 0 Å². The van der Waals surface area contributed by atoms with Crippen LogP contribution in [-0.2, 0) is 10.5 Å². The number of aromatic nitrogens is 2. The Hall–Kier alpha value is -3.39. The van der Waals surface area contributed by atoms with Crippen LogP contribution < -0.4 is 16.0 Å². The van der Waals surface area contributed by atoms with Crippen LogP contribution in [0.25, 0.3) is 0 Å². The summed E-state index contributed by atoms with van der Waals surface area (Å²) in [7, 11) is 0. The lowest BCUT2D eigenvalue weighted by atomic mass is 10.2. The number of urea groups is 1. The molecule has 3 amide bonds. The third-order valence-corrected chi connectivity index (χ3v) is 5.04. The molecule has 8 heteroatoms. The van der Waals surface area contributed by atoms with Crippen molar-refractivity contribution in [1.29, 1.82) is 0 Å². The maximum atomic E-state index is 12.1. The molecule has 0 aliphatic rings. The molecule has 0 saturated heterocycles. The zero-order valence-corrected chi connectivity index (χ0v) is 17.4. The number of carbonyl (C=O) groups is 2. The first-order chi connectivity index (χ1) is 14.6. The number of pyridine rings is 2. The van der Waals surface area contributed by atoms with Gasteiger partial charge in [-0.2, -0.15) is 0 Å². The molecule has 2 heterocycles. The normalized spacial score (nSPS) is 10.3. The largest absolute Gasteiger partial charge is 0.337 e. The highest BCUT2D eigenvalue weighted by atomic mass is 32.2. The summed E-state index contributed by atoms with van der Waals surface area (Å²) in [5, 5.41) is 9.13. The molecule has 0 radical (unpaired) electrons. The maximum Gasteiger partial charge on any atom is 0.319 e. The Balaban J connectivity index is 1.40. The van der Waals surface area contributed by atoms with Crippen LogP contribution in [0.2, 0.25) is 0 Å². The van der Waals surface area contributed by atoms with Gasteiger partial charge in [-0.05, 0) is 48.4 Å². The quantitative estimate of drug-likeness (QED) is 0.473. The highest BCUT2D eigenvalue weighted by molar-refractivity contribution is 7.98. The minimum absolute atomic E-state index is 0.156. The van der Waals surface area contributed by atoms with Gasteiger partial charge >= 0.3 is 6.03 Å². The predicted molar refractivity (Wildman–Crippen MR) is 119 cm³/mol. The van der Waals surface area contributed by atoms with Gasteiger partial charge in [0.15, 0.2) is 0 Å². The molecule has 0 aliphatic carbocycles. The molecule has 3 N–H and O–H groups in total. The average molecular weight is 422 g/mol. The molecule has 0 unspecified atom stereocenters. The summed E-state index contributed by atoms with van der Waals surface area (Å²) in [6.45, 7) is 2.15. The first-order valence-corrected chi connectivity index (χ1v) is 10.5. The summed E-state index contributed by atoms with van der Waals surface area (Å²) in [6.07, 6.45) is 3.61. The number of nitrogens with zero attached hydrogens (tertiary/aromatic N) is 2. The van der Waals surface area contributed by atoms with Crippen molar-refractivity contribution in [2.24, 2.45) is 0 Å².